The van der Waals surface area contributed by atoms with Crippen LogP contribution in [0.15, 0.2) is 61.2 Å². The number of aromatic nitrogens is 3. The Morgan fingerprint density at radius 1 is 1.23 bits per heavy atom. The van der Waals surface area contributed by atoms with Crippen LogP contribution in [0.2, 0.25) is 5.02 Å². The van der Waals surface area contributed by atoms with Crippen LogP contribution in [0.1, 0.15) is 12.0 Å². The van der Waals surface area contributed by atoms with Crippen molar-refractivity contribution in [3.8, 4) is 5.75 Å². The lowest BCUT2D eigenvalue weighted by Gasteiger charge is -2.20. The van der Waals surface area contributed by atoms with Crippen molar-refractivity contribution in [2.75, 3.05) is 18.1 Å². The fourth-order valence-corrected chi connectivity index (χ4v) is 4.34. The average molecular weight is 441 g/mol. The second-order valence-corrected chi connectivity index (χ2v) is 8.30. The lowest BCUT2D eigenvalue weighted by molar-refractivity contribution is -0.120. The minimum absolute atomic E-state index is 0.0577. The maximum atomic E-state index is 13.1. The number of hydrogen-bond donors (Lipinski definition) is 0. The zero-order chi connectivity index (χ0) is 20.9. The number of rotatable bonds is 8. The Balaban J connectivity index is 1.51. The second kappa shape index (κ2) is 9.28. The van der Waals surface area contributed by atoms with E-state index in [1.54, 1.807) is 23.5 Å². The average Bonchev–Trinajstić information content (AvgIpc) is 3.41. The number of anilines is 1. The topological polar surface area (TPSA) is 60.2 Å². The highest BCUT2D eigenvalue weighted by Crippen LogP contribution is 2.33. The van der Waals surface area contributed by atoms with E-state index in [-0.39, 0.29) is 12.5 Å². The predicted molar refractivity (Wildman–Crippen MR) is 121 cm³/mol. The molecular formula is C22H21ClN4O2S. The molecule has 4 rings (SSSR count). The number of imidazole rings is 1. The molecule has 0 aliphatic carbocycles. The summed E-state index contributed by atoms with van der Waals surface area (Å²) < 4.78 is 8.65. The first kappa shape index (κ1) is 20.4. The molecule has 8 heteroatoms. The number of ether oxygens (including phenoxy) is 1. The van der Waals surface area contributed by atoms with Crippen LogP contribution in [-0.4, -0.2) is 33.6 Å². The van der Waals surface area contributed by atoms with Gasteiger partial charge in [0.05, 0.1) is 16.0 Å². The molecule has 0 saturated carbocycles. The zero-order valence-electron chi connectivity index (χ0n) is 16.5. The number of thiazole rings is 1. The van der Waals surface area contributed by atoms with Crippen molar-refractivity contribution in [3.05, 3.63) is 71.8 Å². The number of benzene rings is 2. The van der Waals surface area contributed by atoms with Crippen molar-refractivity contribution >= 4 is 44.2 Å². The van der Waals surface area contributed by atoms with Crippen molar-refractivity contribution in [2.45, 2.75) is 19.9 Å². The van der Waals surface area contributed by atoms with Gasteiger partial charge in [-0.15, -0.1) is 0 Å². The highest BCUT2D eigenvalue weighted by Gasteiger charge is 2.21. The monoisotopic (exact) mass is 440 g/mol. The van der Waals surface area contributed by atoms with E-state index in [9.17, 15) is 4.79 Å². The molecule has 0 aliphatic heterocycles. The van der Waals surface area contributed by atoms with Gasteiger partial charge in [0, 0.05) is 25.5 Å². The Morgan fingerprint density at radius 3 is 2.80 bits per heavy atom. The van der Waals surface area contributed by atoms with Crippen molar-refractivity contribution in [1.29, 1.82) is 0 Å². The quantitative estimate of drug-likeness (QED) is 0.388. The Kier molecular flexibility index (Phi) is 6.30. The van der Waals surface area contributed by atoms with Crippen LogP contribution in [0.3, 0.4) is 0 Å². The van der Waals surface area contributed by atoms with Crippen LogP contribution in [-0.2, 0) is 11.3 Å². The molecular weight excluding hydrogens is 420 g/mol. The van der Waals surface area contributed by atoms with Gasteiger partial charge in [-0.05, 0) is 37.6 Å². The fourth-order valence-electron chi connectivity index (χ4n) is 3.03. The minimum Gasteiger partial charge on any atom is -0.484 e. The van der Waals surface area contributed by atoms with E-state index >= 15 is 0 Å². The molecule has 0 spiro atoms. The fraction of sp³-hybridized carbons (Fsp3) is 0.227. The van der Waals surface area contributed by atoms with Gasteiger partial charge in [0.1, 0.15) is 11.3 Å². The van der Waals surface area contributed by atoms with E-state index < -0.39 is 0 Å². The molecule has 2 heterocycles. The number of halogens is 1. The van der Waals surface area contributed by atoms with Gasteiger partial charge in [-0.3, -0.25) is 9.69 Å². The third kappa shape index (κ3) is 4.80. The number of para-hydroxylation sites is 1. The summed E-state index contributed by atoms with van der Waals surface area (Å²) in [6, 6.07) is 13.3. The Hall–Kier alpha value is -2.90. The molecule has 30 heavy (non-hydrogen) atoms. The van der Waals surface area contributed by atoms with Crippen molar-refractivity contribution in [1.82, 2.24) is 14.5 Å². The number of carbonyl (C=O) groups is 1. The Bertz CT molecular complexity index is 1130. The zero-order valence-corrected chi connectivity index (χ0v) is 18.1. The molecule has 0 radical (unpaired) electrons. The molecule has 6 nitrogen and oxygen atoms in total. The van der Waals surface area contributed by atoms with E-state index in [2.05, 4.69) is 9.97 Å². The van der Waals surface area contributed by atoms with Gasteiger partial charge in [0.15, 0.2) is 11.7 Å². The van der Waals surface area contributed by atoms with Crippen molar-refractivity contribution < 1.29 is 9.53 Å². The maximum absolute atomic E-state index is 13.1. The number of amides is 1. The molecule has 1 amide bonds. The molecule has 2 aromatic carbocycles. The summed E-state index contributed by atoms with van der Waals surface area (Å²) >= 11 is 7.74. The van der Waals surface area contributed by atoms with Crippen molar-refractivity contribution in [3.63, 3.8) is 0 Å². The number of carbonyl (C=O) groups excluding carboxylic acids is 1. The second-order valence-electron chi connectivity index (χ2n) is 6.88. The van der Waals surface area contributed by atoms with Crippen LogP contribution in [0.4, 0.5) is 5.13 Å². The molecule has 0 N–H and O–H groups in total. The first-order valence-electron chi connectivity index (χ1n) is 9.61. The van der Waals surface area contributed by atoms with Crippen LogP contribution in [0.5, 0.6) is 5.75 Å². The maximum Gasteiger partial charge on any atom is 0.266 e. The van der Waals surface area contributed by atoms with E-state index in [1.807, 2.05) is 54.1 Å². The highest BCUT2D eigenvalue weighted by atomic mass is 35.5. The molecule has 154 valence electrons. The molecule has 0 saturated heterocycles. The predicted octanol–water partition coefficient (Wildman–Crippen LogP) is 4.96. The van der Waals surface area contributed by atoms with Crippen LogP contribution in [0.25, 0.3) is 10.2 Å². The largest absolute Gasteiger partial charge is 0.484 e. The summed E-state index contributed by atoms with van der Waals surface area (Å²) in [5.41, 5.74) is 1.85. The standard InChI is InChI=1S/C22H21ClN4O2S/c1-16-6-8-17(9-7-16)29-14-20(28)27(12-3-11-26-13-10-24-15-26)22-25-21-18(23)4-2-5-19(21)30-22/h2,4-10,13,15H,3,11-12,14H2,1H3. The first-order chi connectivity index (χ1) is 14.6. The molecule has 0 unspecified atom stereocenters. The van der Waals surface area contributed by atoms with E-state index in [4.69, 9.17) is 16.3 Å². The summed E-state index contributed by atoms with van der Waals surface area (Å²) in [6.45, 7) is 3.23. The smallest absolute Gasteiger partial charge is 0.266 e. The molecule has 0 bridgehead atoms. The SMILES string of the molecule is Cc1ccc(OCC(=O)N(CCCn2ccnc2)c2nc3c(Cl)cccc3s2)cc1. The number of fused-ring (bicyclic) bond motifs is 1. The van der Waals surface area contributed by atoms with E-state index in [0.717, 1.165) is 23.2 Å². The minimum atomic E-state index is -0.142. The van der Waals surface area contributed by atoms with Gasteiger partial charge in [-0.25, -0.2) is 9.97 Å². The van der Waals surface area contributed by atoms with Crippen LogP contribution >= 0.6 is 22.9 Å². The molecule has 0 aliphatic rings. The van der Waals surface area contributed by atoms with Gasteiger partial charge in [0.25, 0.3) is 5.91 Å². The molecule has 4 aromatic rings. The highest BCUT2D eigenvalue weighted by molar-refractivity contribution is 7.22. The molecule has 2 aromatic heterocycles. The van der Waals surface area contributed by atoms with Gasteiger partial charge in [-0.1, -0.05) is 46.7 Å². The summed E-state index contributed by atoms with van der Waals surface area (Å²) in [6.07, 6.45) is 6.18. The van der Waals surface area contributed by atoms with Gasteiger partial charge in [0.2, 0.25) is 0 Å². The Labute approximate surface area is 183 Å². The lowest BCUT2D eigenvalue weighted by Crippen LogP contribution is -2.36. The lowest BCUT2D eigenvalue weighted by atomic mass is 10.2. The van der Waals surface area contributed by atoms with E-state index in [0.29, 0.717) is 28.0 Å². The summed E-state index contributed by atoms with van der Waals surface area (Å²) in [4.78, 5) is 23.4. The first-order valence-corrected chi connectivity index (χ1v) is 10.8. The third-order valence-electron chi connectivity index (χ3n) is 4.63. The van der Waals surface area contributed by atoms with Gasteiger partial charge >= 0.3 is 0 Å². The van der Waals surface area contributed by atoms with Crippen molar-refractivity contribution in [2.24, 2.45) is 0 Å². The van der Waals surface area contributed by atoms with E-state index in [1.165, 1.54) is 11.3 Å². The number of hydrogen-bond acceptors (Lipinski definition) is 5. The summed E-state index contributed by atoms with van der Waals surface area (Å²) in [5.74, 6) is 0.524. The number of nitrogens with zero attached hydrogens (tertiary/aromatic N) is 4. The Morgan fingerprint density at radius 2 is 2.07 bits per heavy atom. The van der Waals surface area contributed by atoms with Gasteiger partial charge < -0.3 is 9.30 Å². The number of aryl methyl sites for hydroxylation is 2. The van der Waals surface area contributed by atoms with Crippen LogP contribution in [0, 0.1) is 6.92 Å². The summed E-state index contributed by atoms with van der Waals surface area (Å²) in [5, 5.41) is 1.21. The molecule has 0 atom stereocenters. The van der Waals surface area contributed by atoms with Gasteiger partial charge in [-0.2, -0.15) is 0 Å². The van der Waals surface area contributed by atoms with Crippen LogP contribution < -0.4 is 9.64 Å². The third-order valence-corrected chi connectivity index (χ3v) is 5.98. The normalized spacial score (nSPS) is 11.0. The molecule has 0 fully saturated rings. The summed E-state index contributed by atoms with van der Waals surface area (Å²) in [7, 11) is 0.